The summed E-state index contributed by atoms with van der Waals surface area (Å²) < 4.78 is 0. The number of benzene rings is 1. The summed E-state index contributed by atoms with van der Waals surface area (Å²) in [4.78, 5) is 22.5. The van der Waals surface area contributed by atoms with E-state index in [4.69, 9.17) is 16.7 Å². The quantitative estimate of drug-likeness (QED) is 0.729. The number of carboxylic acid groups (broad SMARTS) is 1. The van der Waals surface area contributed by atoms with Crippen LogP contribution in [0.5, 0.6) is 0 Å². The van der Waals surface area contributed by atoms with E-state index in [2.05, 4.69) is 5.32 Å². The smallest absolute Gasteiger partial charge is 0.305 e. The summed E-state index contributed by atoms with van der Waals surface area (Å²) in [5, 5.41) is 12.3. The zero-order valence-electron chi connectivity index (χ0n) is 12.0. The zero-order chi connectivity index (χ0) is 15.7. The summed E-state index contributed by atoms with van der Waals surface area (Å²) >= 11 is 7.38. The molecule has 0 fully saturated rings. The molecule has 2 N–H and O–H groups in total. The number of carboxylic acids is 1. The fourth-order valence-corrected chi connectivity index (χ4v) is 2.94. The molecule has 1 rings (SSSR count). The van der Waals surface area contributed by atoms with Crippen LogP contribution in [-0.4, -0.2) is 28.8 Å². The van der Waals surface area contributed by atoms with E-state index in [1.54, 1.807) is 0 Å². The predicted octanol–water partition coefficient (Wildman–Crippen LogP) is 3.33. The molecule has 0 aromatic heterocycles. The number of rotatable bonds is 9. The number of carbonyl (C=O) groups excluding carboxylic acids is 1. The molecule has 0 aliphatic heterocycles. The topological polar surface area (TPSA) is 66.4 Å². The van der Waals surface area contributed by atoms with Crippen LogP contribution in [0.3, 0.4) is 0 Å². The highest BCUT2D eigenvalue weighted by Crippen LogP contribution is 2.16. The van der Waals surface area contributed by atoms with Crippen LogP contribution >= 0.6 is 23.4 Å². The monoisotopic (exact) mass is 329 g/mol. The molecule has 0 heterocycles. The van der Waals surface area contributed by atoms with E-state index in [1.165, 1.54) is 11.8 Å². The number of hydrogen-bond acceptors (Lipinski definition) is 3. The maximum Gasteiger partial charge on any atom is 0.305 e. The van der Waals surface area contributed by atoms with Crippen molar-refractivity contribution in [1.29, 1.82) is 0 Å². The molecule has 0 radical (unpaired) electrons. The molecule has 1 aromatic carbocycles. The Morgan fingerprint density at radius 3 is 2.81 bits per heavy atom. The summed E-state index contributed by atoms with van der Waals surface area (Å²) in [5.74, 6) is -0.000374. The second kappa shape index (κ2) is 9.68. The van der Waals surface area contributed by atoms with E-state index in [-0.39, 0.29) is 18.4 Å². The molecule has 1 unspecified atom stereocenters. The molecule has 0 spiro atoms. The fraction of sp³-hybridized carbons (Fsp3) is 0.467. The Kier molecular flexibility index (Phi) is 8.23. The van der Waals surface area contributed by atoms with Gasteiger partial charge in [0.1, 0.15) is 0 Å². The van der Waals surface area contributed by atoms with Crippen LogP contribution in [0.4, 0.5) is 0 Å². The lowest BCUT2D eigenvalue weighted by atomic mass is 10.1. The van der Waals surface area contributed by atoms with Gasteiger partial charge in [0.15, 0.2) is 0 Å². The van der Waals surface area contributed by atoms with Crippen molar-refractivity contribution in [3.05, 3.63) is 34.9 Å². The third-order valence-corrected chi connectivity index (χ3v) is 4.05. The molecule has 1 amide bonds. The van der Waals surface area contributed by atoms with Crippen LogP contribution in [0.1, 0.15) is 31.7 Å². The first-order valence-corrected chi connectivity index (χ1v) is 8.38. The van der Waals surface area contributed by atoms with E-state index < -0.39 is 5.97 Å². The molecule has 0 saturated heterocycles. The number of carbonyl (C=O) groups is 2. The molecule has 21 heavy (non-hydrogen) atoms. The number of hydrogen-bond donors (Lipinski definition) is 2. The van der Waals surface area contributed by atoms with Gasteiger partial charge in [-0.3, -0.25) is 9.59 Å². The Hall–Kier alpha value is -1.20. The number of halogens is 1. The molecule has 116 valence electrons. The Morgan fingerprint density at radius 1 is 1.43 bits per heavy atom. The average Bonchev–Trinajstić information content (AvgIpc) is 2.38. The van der Waals surface area contributed by atoms with Crippen LogP contribution in [0, 0.1) is 0 Å². The zero-order valence-corrected chi connectivity index (χ0v) is 13.5. The second-order valence-electron chi connectivity index (χ2n) is 4.77. The van der Waals surface area contributed by atoms with Crippen molar-refractivity contribution in [3.63, 3.8) is 0 Å². The summed E-state index contributed by atoms with van der Waals surface area (Å²) in [6, 6.07) is 7.23. The van der Waals surface area contributed by atoms with Crippen molar-refractivity contribution in [2.75, 3.05) is 5.75 Å². The van der Waals surface area contributed by atoms with Gasteiger partial charge in [-0.05, 0) is 24.1 Å². The maximum atomic E-state index is 11.8. The van der Waals surface area contributed by atoms with Crippen LogP contribution in [-0.2, 0) is 15.3 Å². The molecule has 0 saturated carbocycles. The van der Waals surface area contributed by atoms with E-state index in [9.17, 15) is 9.59 Å². The molecular weight excluding hydrogens is 310 g/mol. The van der Waals surface area contributed by atoms with Gasteiger partial charge in [-0.1, -0.05) is 37.1 Å². The Morgan fingerprint density at radius 2 is 2.19 bits per heavy atom. The molecule has 6 heteroatoms. The van der Waals surface area contributed by atoms with Gasteiger partial charge in [0.25, 0.3) is 0 Å². The molecule has 1 aromatic rings. The third-order valence-electron chi connectivity index (χ3n) is 2.81. The lowest BCUT2D eigenvalue weighted by Gasteiger charge is -2.15. The largest absolute Gasteiger partial charge is 0.481 e. The highest BCUT2D eigenvalue weighted by molar-refractivity contribution is 7.99. The lowest BCUT2D eigenvalue weighted by Crippen LogP contribution is -2.37. The van der Waals surface area contributed by atoms with Gasteiger partial charge in [-0.2, -0.15) is 0 Å². The molecule has 0 aliphatic carbocycles. The van der Waals surface area contributed by atoms with Gasteiger partial charge in [0, 0.05) is 16.8 Å². The molecule has 0 bridgehead atoms. The summed E-state index contributed by atoms with van der Waals surface area (Å²) in [6.45, 7) is 1.97. The first-order chi connectivity index (χ1) is 10.0. The minimum Gasteiger partial charge on any atom is -0.481 e. The summed E-state index contributed by atoms with van der Waals surface area (Å²) in [5.41, 5.74) is 1.07. The number of thioether (sulfide) groups is 1. The highest BCUT2D eigenvalue weighted by Gasteiger charge is 2.14. The van der Waals surface area contributed by atoms with Crippen LogP contribution in [0.2, 0.25) is 5.02 Å². The first-order valence-electron chi connectivity index (χ1n) is 6.84. The predicted molar refractivity (Wildman–Crippen MR) is 86.7 cm³/mol. The maximum absolute atomic E-state index is 11.8. The van der Waals surface area contributed by atoms with Crippen molar-refractivity contribution in [2.45, 2.75) is 38.0 Å². The van der Waals surface area contributed by atoms with E-state index in [1.807, 2.05) is 31.2 Å². The second-order valence-corrected chi connectivity index (χ2v) is 6.20. The fourth-order valence-electron chi connectivity index (χ4n) is 1.94. The molecule has 1 atom stereocenters. The van der Waals surface area contributed by atoms with Crippen molar-refractivity contribution in [2.24, 2.45) is 0 Å². The number of nitrogens with one attached hydrogen (secondary N) is 1. The van der Waals surface area contributed by atoms with Gasteiger partial charge < -0.3 is 10.4 Å². The minimum atomic E-state index is -0.889. The van der Waals surface area contributed by atoms with E-state index in [0.717, 1.165) is 12.0 Å². The van der Waals surface area contributed by atoms with E-state index in [0.29, 0.717) is 22.9 Å². The van der Waals surface area contributed by atoms with Crippen molar-refractivity contribution >= 4 is 35.2 Å². The normalized spacial score (nSPS) is 11.9. The molecular formula is C15H20ClNO3S. The van der Waals surface area contributed by atoms with Crippen LogP contribution in [0.15, 0.2) is 24.3 Å². The Balaban J connectivity index is 2.33. The van der Waals surface area contributed by atoms with Gasteiger partial charge in [-0.25, -0.2) is 0 Å². The van der Waals surface area contributed by atoms with E-state index >= 15 is 0 Å². The van der Waals surface area contributed by atoms with Gasteiger partial charge in [0.2, 0.25) is 5.91 Å². The van der Waals surface area contributed by atoms with Crippen LogP contribution < -0.4 is 5.32 Å². The number of amides is 1. The van der Waals surface area contributed by atoms with Crippen LogP contribution in [0.25, 0.3) is 0 Å². The van der Waals surface area contributed by atoms with Gasteiger partial charge >= 0.3 is 5.97 Å². The lowest BCUT2D eigenvalue weighted by molar-refractivity contribution is -0.137. The Bertz CT molecular complexity index is 482. The molecule has 0 aliphatic rings. The van der Waals surface area contributed by atoms with Crippen molar-refractivity contribution in [3.8, 4) is 0 Å². The Labute approximate surface area is 134 Å². The van der Waals surface area contributed by atoms with Crippen molar-refractivity contribution in [1.82, 2.24) is 5.32 Å². The third kappa shape index (κ3) is 7.97. The first kappa shape index (κ1) is 17.9. The average molecular weight is 330 g/mol. The van der Waals surface area contributed by atoms with Crippen molar-refractivity contribution < 1.29 is 14.7 Å². The highest BCUT2D eigenvalue weighted by atomic mass is 35.5. The number of aliphatic carboxylic acids is 1. The minimum absolute atomic E-state index is 0.0292. The summed E-state index contributed by atoms with van der Waals surface area (Å²) in [7, 11) is 0. The van der Waals surface area contributed by atoms with Gasteiger partial charge in [-0.15, -0.1) is 11.8 Å². The summed E-state index contributed by atoms with van der Waals surface area (Å²) in [6.07, 6.45) is 1.49. The standard InChI is InChI=1S/C15H20ClNO3S/c1-2-4-13(8-15(19)20)17-14(18)10-21-9-11-5-3-6-12(16)7-11/h3,5-7,13H,2,4,8-10H2,1H3,(H,17,18)(H,19,20). The van der Waals surface area contributed by atoms with Gasteiger partial charge in [0.05, 0.1) is 12.2 Å². The molecule has 4 nitrogen and oxygen atoms in total. The SMILES string of the molecule is CCCC(CC(=O)O)NC(=O)CSCc1cccc(Cl)c1.